The number of anilines is 2. The standard InChI is InChI=1S/C32H34F3N7O/c1-4-36-28-14-22(23-9-5-6-10-24(23)30-39-37-19-40(30)3)15-29(38-28)42-18-26-25(31(42)43)12-21(13-27(26)32(33,34)35)17-41-11-7-8-20(2)16-41/h5-6,9-10,12-15,19-20H,4,7-8,11,16-18H2,1-3H3,(H,36,38)/t20-/m0/s1. The second-order valence-corrected chi connectivity index (χ2v) is 11.5. The van der Waals surface area contributed by atoms with Crippen LogP contribution in [0.4, 0.5) is 24.8 Å². The van der Waals surface area contributed by atoms with Gasteiger partial charge in [-0.25, -0.2) is 4.98 Å². The van der Waals surface area contributed by atoms with Crippen LogP contribution in [0.2, 0.25) is 0 Å². The number of alkyl halides is 3. The average Bonchev–Trinajstić information content (AvgIpc) is 3.55. The van der Waals surface area contributed by atoms with Gasteiger partial charge in [-0.15, -0.1) is 10.2 Å². The van der Waals surface area contributed by atoms with E-state index in [9.17, 15) is 18.0 Å². The number of nitrogens with one attached hydrogen (secondary N) is 1. The second-order valence-electron chi connectivity index (χ2n) is 11.5. The number of amides is 1. The number of piperidine rings is 1. The summed E-state index contributed by atoms with van der Waals surface area (Å²) >= 11 is 0. The molecular weight excluding hydrogens is 555 g/mol. The molecular formula is C32H34F3N7O. The number of hydrogen-bond donors (Lipinski definition) is 1. The first-order chi connectivity index (χ1) is 20.6. The maximum atomic E-state index is 14.4. The number of nitrogens with zero attached hydrogens (tertiary/aromatic N) is 6. The van der Waals surface area contributed by atoms with Crippen LogP contribution in [-0.2, 0) is 26.3 Å². The lowest BCUT2D eigenvalue weighted by atomic mass is 9.96. The molecule has 1 fully saturated rings. The third-order valence-corrected chi connectivity index (χ3v) is 8.19. The number of pyridine rings is 1. The minimum absolute atomic E-state index is 0.00930. The molecule has 6 rings (SSSR count). The molecule has 0 bridgehead atoms. The molecule has 2 aromatic heterocycles. The predicted molar refractivity (Wildman–Crippen MR) is 159 cm³/mol. The van der Waals surface area contributed by atoms with Crippen LogP contribution in [0.5, 0.6) is 0 Å². The van der Waals surface area contributed by atoms with E-state index in [0.717, 1.165) is 42.6 Å². The number of halogens is 3. The van der Waals surface area contributed by atoms with Gasteiger partial charge in [0.05, 0.1) is 12.1 Å². The molecule has 1 saturated heterocycles. The van der Waals surface area contributed by atoms with Crippen LogP contribution in [0.15, 0.2) is 54.9 Å². The monoisotopic (exact) mass is 589 g/mol. The number of likely N-dealkylation sites (tertiary alicyclic amines) is 1. The van der Waals surface area contributed by atoms with Crippen molar-refractivity contribution in [3.8, 4) is 22.5 Å². The Morgan fingerprint density at radius 2 is 1.86 bits per heavy atom. The Bertz CT molecular complexity index is 1670. The van der Waals surface area contributed by atoms with E-state index in [1.54, 1.807) is 18.5 Å². The first-order valence-electron chi connectivity index (χ1n) is 14.6. The van der Waals surface area contributed by atoms with Crippen LogP contribution >= 0.6 is 0 Å². The third-order valence-electron chi connectivity index (χ3n) is 8.19. The average molecular weight is 590 g/mol. The minimum Gasteiger partial charge on any atom is -0.370 e. The molecule has 224 valence electrons. The minimum atomic E-state index is -4.59. The Morgan fingerprint density at radius 3 is 2.56 bits per heavy atom. The quantitative estimate of drug-likeness (QED) is 0.269. The van der Waals surface area contributed by atoms with Gasteiger partial charge >= 0.3 is 6.18 Å². The van der Waals surface area contributed by atoms with Crippen molar-refractivity contribution in [1.29, 1.82) is 0 Å². The zero-order valence-corrected chi connectivity index (χ0v) is 24.4. The summed E-state index contributed by atoms with van der Waals surface area (Å²) in [5, 5.41) is 11.5. The van der Waals surface area contributed by atoms with E-state index in [4.69, 9.17) is 0 Å². The first-order valence-corrected chi connectivity index (χ1v) is 14.6. The van der Waals surface area contributed by atoms with Crippen molar-refractivity contribution in [1.82, 2.24) is 24.6 Å². The molecule has 2 aliphatic heterocycles. The fourth-order valence-corrected chi connectivity index (χ4v) is 6.22. The summed E-state index contributed by atoms with van der Waals surface area (Å²) in [4.78, 5) is 22.0. The SMILES string of the molecule is CCNc1cc(-c2ccccc2-c2nncn2C)cc(N2Cc3c(cc(CN4CCC[C@H](C)C4)cc3C(F)(F)F)C2=O)n1. The molecule has 0 spiro atoms. The van der Waals surface area contributed by atoms with Gasteiger partial charge in [0.1, 0.15) is 18.0 Å². The largest absolute Gasteiger partial charge is 0.416 e. The van der Waals surface area contributed by atoms with Crippen molar-refractivity contribution in [3.05, 3.63) is 77.1 Å². The second kappa shape index (κ2) is 11.4. The highest BCUT2D eigenvalue weighted by Gasteiger charge is 2.41. The Morgan fingerprint density at radius 1 is 1.07 bits per heavy atom. The highest BCUT2D eigenvalue weighted by atomic mass is 19.4. The summed E-state index contributed by atoms with van der Waals surface area (Å²) in [6.07, 6.45) is -0.843. The summed E-state index contributed by atoms with van der Waals surface area (Å²) in [7, 11) is 1.85. The molecule has 0 aliphatic carbocycles. The zero-order valence-electron chi connectivity index (χ0n) is 24.4. The Hall–Kier alpha value is -4.25. The first kappa shape index (κ1) is 28.9. The van der Waals surface area contributed by atoms with Crippen molar-refractivity contribution in [2.75, 3.05) is 29.9 Å². The van der Waals surface area contributed by atoms with E-state index >= 15 is 0 Å². The maximum absolute atomic E-state index is 14.4. The zero-order chi connectivity index (χ0) is 30.3. The highest BCUT2D eigenvalue weighted by molar-refractivity contribution is 6.10. The lowest BCUT2D eigenvalue weighted by molar-refractivity contribution is -0.138. The Balaban J connectivity index is 1.40. The van der Waals surface area contributed by atoms with E-state index in [2.05, 4.69) is 32.3 Å². The number of aryl methyl sites for hydroxylation is 1. The van der Waals surface area contributed by atoms with Crippen molar-refractivity contribution in [2.24, 2.45) is 13.0 Å². The molecule has 1 atom stereocenters. The van der Waals surface area contributed by atoms with Gasteiger partial charge in [0.2, 0.25) is 0 Å². The van der Waals surface area contributed by atoms with Crippen molar-refractivity contribution < 1.29 is 18.0 Å². The summed E-state index contributed by atoms with van der Waals surface area (Å²) in [6, 6.07) is 14.2. The van der Waals surface area contributed by atoms with Crippen LogP contribution in [0, 0.1) is 5.92 Å². The summed E-state index contributed by atoms with van der Waals surface area (Å²) in [6.45, 7) is 6.50. The molecule has 1 amide bonds. The molecule has 2 aliphatic rings. The number of rotatable bonds is 7. The van der Waals surface area contributed by atoms with Crippen LogP contribution in [0.3, 0.4) is 0 Å². The maximum Gasteiger partial charge on any atom is 0.416 e. The molecule has 0 radical (unpaired) electrons. The number of carbonyl (C=O) groups is 1. The Labute approximate surface area is 248 Å². The van der Waals surface area contributed by atoms with Gasteiger partial charge in [0.15, 0.2) is 5.82 Å². The number of aromatic nitrogens is 4. The normalized spacial score (nSPS) is 17.4. The third kappa shape index (κ3) is 5.73. The van der Waals surface area contributed by atoms with Crippen LogP contribution in [-0.4, -0.2) is 50.2 Å². The Kier molecular flexibility index (Phi) is 7.68. The van der Waals surface area contributed by atoms with E-state index in [1.165, 1.54) is 11.0 Å². The predicted octanol–water partition coefficient (Wildman–Crippen LogP) is 6.39. The van der Waals surface area contributed by atoms with Gasteiger partial charge in [-0.1, -0.05) is 31.2 Å². The molecule has 1 N–H and O–H groups in total. The van der Waals surface area contributed by atoms with Crippen molar-refractivity contribution in [3.63, 3.8) is 0 Å². The molecule has 0 saturated carbocycles. The number of benzene rings is 2. The van der Waals surface area contributed by atoms with Gasteiger partial charge in [-0.2, -0.15) is 13.2 Å². The fourth-order valence-electron chi connectivity index (χ4n) is 6.22. The summed E-state index contributed by atoms with van der Waals surface area (Å²) < 4.78 is 45.0. The van der Waals surface area contributed by atoms with Crippen molar-refractivity contribution >= 4 is 17.5 Å². The lowest BCUT2D eigenvalue weighted by Gasteiger charge is -2.31. The molecule has 11 heteroatoms. The van der Waals surface area contributed by atoms with E-state index in [0.29, 0.717) is 36.2 Å². The van der Waals surface area contributed by atoms with Gasteiger partial charge in [0, 0.05) is 37.8 Å². The molecule has 4 aromatic rings. The van der Waals surface area contributed by atoms with E-state index < -0.39 is 17.6 Å². The molecule has 4 heterocycles. The van der Waals surface area contributed by atoms with Crippen LogP contribution < -0.4 is 10.2 Å². The molecule has 43 heavy (non-hydrogen) atoms. The van der Waals surface area contributed by atoms with Crippen LogP contribution in [0.25, 0.3) is 22.5 Å². The summed E-state index contributed by atoms with van der Waals surface area (Å²) in [5.74, 6) is 1.46. The smallest absolute Gasteiger partial charge is 0.370 e. The van der Waals surface area contributed by atoms with E-state index in [-0.39, 0.29) is 23.5 Å². The topological polar surface area (TPSA) is 79.2 Å². The van der Waals surface area contributed by atoms with Gasteiger partial charge in [-0.3, -0.25) is 14.6 Å². The molecule has 8 nitrogen and oxygen atoms in total. The summed E-state index contributed by atoms with van der Waals surface area (Å²) in [5.41, 5.74) is 2.24. The molecule has 0 unspecified atom stereocenters. The van der Waals surface area contributed by atoms with Crippen molar-refractivity contribution in [2.45, 2.75) is 46.0 Å². The van der Waals surface area contributed by atoms with E-state index in [1.807, 2.05) is 48.9 Å². The highest BCUT2D eigenvalue weighted by Crippen LogP contribution is 2.41. The lowest BCUT2D eigenvalue weighted by Crippen LogP contribution is -2.33. The fraction of sp³-hybridized carbons (Fsp3) is 0.375. The number of fused-ring (bicyclic) bond motifs is 1. The van der Waals surface area contributed by atoms with Gasteiger partial charge in [0.25, 0.3) is 5.91 Å². The van der Waals surface area contributed by atoms with Gasteiger partial charge < -0.3 is 9.88 Å². The van der Waals surface area contributed by atoms with Gasteiger partial charge in [-0.05, 0) is 78.7 Å². The molecule has 2 aromatic carbocycles. The number of hydrogen-bond acceptors (Lipinski definition) is 6. The van der Waals surface area contributed by atoms with Crippen LogP contribution in [0.1, 0.15) is 53.7 Å². The number of carbonyl (C=O) groups excluding carboxylic acids is 1.